The van der Waals surface area contributed by atoms with Crippen LogP contribution in [0.15, 0.2) is 12.1 Å². The summed E-state index contributed by atoms with van der Waals surface area (Å²) >= 11 is 1.75. The monoisotopic (exact) mass is 293 g/mol. The molecule has 1 aliphatic heterocycles. The SMILES string of the molecule is CCC1COC(C)CN1Cc1ccc(C#CCCO)s1. The second-order valence-electron chi connectivity index (χ2n) is 5.18. The molecular formula is C16H23NO2S. The maximum Gasteiger partial charge on any atom is 0.0771 e. The van der Waals surface area contributed by atoms with Gasteiger partial charge in [0.25, 0.3) is 0 Å². The highest BCUT2D eigenvalue weighted by Crippen LogP contribution is 2.22. The predicted molar refractivity (Wildman–Crippen MR) is 82.8 cm³/mol. The van der Waals surface area contributed by atoms with Gasteiger partial charge in [-0.3, -0.25) is 4.90 Å². The van der Waals surface area contributed by atoms with E-state index in [1.165, 1.54) is 4.88 Å². The van der Waals surface area contributed by atoms with Crippen LogP contribution in [0.2, 0.25) is 0 Å². The molecule has 0 bridgehead atoms. The van der Waals surface area contributed by atoms with Crippen molar-refractivity contribution in [1.82, 2.24) is 4.90 Å². The van der Waals surface area contributed by atoms with Crippen LogP contribution in [0.1, 0.15) is 36.4 Å². The summed E-state index contributed by atoms with van der Waals surface area (Å²) in [5.74, 6) is 6.07. The van der Waals surface area contributed by atoms with Gasteiger partial charge in [-0.05, 0) is 25.5 Å². The van der Waals surface area contributed by atoms with Crippen LogP contribution in [0.3, 0.4) is 0 Å². The van der Waals surface area contributed by atoms with Gasteiger partial charge in [-0.2, -0.15) is 0 Å². The standard InChI is InChI=1S/C16H23NO2S/c1-3-14-12-19-13(2)10-17(14)11-16-8-7-15(20-16)6-4-5-9-18/h7-8,13-14,18H,3,5,9-12H2,1-2H3. The first-order valence-electron chi connectivity index (χ1n) is 7.27. The van der Waals surface area contributed by atoms with Crippen molar-refractivity contribution in [3.63, 3.8) is 0 Å². The van der Waals surface area contributed by atoms with Gasteiger partial charge in [-0.15, -0.1) is 11.3 Å². The quantitative estimate of drug-likeness (QED) is 0.866. The van der Waals surface area contributed by atoms with E-state index >= 15 is 0 Å². The van der Waals surface area contributed by atoms with Crippen LogP contribution in [0.25, 0.3) is 0 Å². The topological polar surface area (TPSA) is 32.7 Å². The Hall–Kier alpha value is -0.860. The molecule has 0 radical (unpaired) electrons. The lowest BCUT2D eigenvalue weighted by molar-refractivity contribution is -0.0588. The van der Waals surface area contributed by atoms with Crippen molar-refractivity contribution < 1.29 is 9.84 Å². The lowest BCUT2D eigenvalue weighted by Gasteiger charge is -2.38. The third-order valence-corrected chi connectivity index (χ3v) is 4.51. The Balaban J connectivity index is 1.96. The summed E-state index contributed by atoms with van der Waals surface area (Å²) in [7, 11) is 0. The van der Waals surface area contributed by atoms with Gasteiger partial charge in [0.15, 0.2) is 0 Å². The van der Waals surface area contributed by atoms with E-state index in [9.17, 15) is 0 Å². The fraction of sp³-hybridized carbons (Fsp3) is 0.625. The highest BCUT2D eigenvalue weighted by molar-refractivity contribution is 7.12. The van der Waals surface area contributed by atoms with Gasteiger partial charge in [0.05, 0.1) is 24.2 Å². The van der Waals surface area contributed by atoms with Gasteiger partial charge in [-0.25, -0.2) is 0 Å². The van der Waals surface area contributed by atoms with Gasteiger partial charge in [0.1, 0.15) is 0 Å². The maximum absolute atomic E-state index is 8.73. The number of nitrogens with zero attached hydrogens (tertiary/aromatic N) is 1. The van der Waals surface area contributed by atoms with Gasteiger partial charge < -0.3 is 9.84 Å². The minimum Gasteiger partial charge on any atom is -0.395 e. The zero-order chi connectivity index (χ0) is 14.4. The molecule has 2 heterocycles. The molecule has 0 aromatic carbocycles. The summed E-state index contributed by atoms with van der Waals surface area (Å²) in [6, 6.07) is 4.77. The van der Waals surface area contributed by atoms with Gasteiger partial charge in [-0.1, -0.05) is 18.8 Å². The first kappa shape index (κ1) is 15.5. The molecule has 1 aliphatic rings. The summed E-state index contributed by atoms with van der Waals surface area (Å²) in [4.78, 5) is 4.96. The van der Waals surface area contributed by atoms with E-state index in [0.29, 0.717) is 18.6 Å². The zero-order valence-electron chi connectivity index (χ0n) is 12.3. The molecule has 4 heteroatoms. The number of aliphatic hydroxyl groups excluding tert-OH is 1. The molecule has 1 fully saturated rings. The van der Waals surface area contributed by atoms with Gasteiger partial charge in [0.2, 0.25) is 0 Å². The molecular weight excluding hydrogens is 270 g/mol. The summed E-state index contributed by atoms with van der Waals surface area (Å²) in [5.41, 5.74) is 0. The molecule has 0 aliphatic carbocycles. The number of ether oxygens (including phenoxy) is 1. The van der Waals surface area contributed by atoms with E-state index in [4.69, 9.17) is 9.84 Å². The Morgan fingerprint density at radius 1 is 1.50 bits per heavy atom. The Morgan fingerprint density at radius 2 is 2.35 bits per heavy atom. The molecule has 20 heavy (non-hydrogen) atoms. The van der Waals surface area contributed by atoms with Crippen LogP contribution >= 0.6 is 11.3 Å². The number of thiophene rings is 1. The van der Waals surface area contributed by atoms with E-state index in [-0.39, 0.29) is 6.61 Å². The van der Waals surface area contributed by atoms with Crippen LogP contribution in [0, 0.1) is 11.8 Å². The minimum atomic E-state index is 0.134. The number of morpholine rings is 1. The first-order valence-corrected chi connectivity index (χ1v) is 8.08. The third kappa shape index (κ3) is 4.32. The summed E-state index contributed by atoms with van der Waals surface area (Å²) < 4.78 is 5.74. The van der Waals surface area contributed by atoms with Crippen molar-refractivity contribution in [3.05, 3.63) is 21.9 Å². The lowest BCUT2D eigenvalue weighted by Crippen LogP contribution is -2.47. The number of hydrogen-bond acceptors (Lipinski definition) is 4. The molecule has 2 atom stereocenters. The molecule has 0 amide bonds. The fourth-order valence-corrected chi connectivity index (χ4v) is 3.33. The van der Waals surface area contributed by atoms with Crippen LogP contribution < -0.4 is 0 Å². The van der Waals surface area contributed by atoms with Crippen LogP contribution in [-0.4, -0.2) is 41.9 Å². The van der Waals surface area contributed by atoms with Crippen molar-refractivity contribution >= 4 is 11.3 Å². The van der Waals surface area contributed by atoms with Gasteiger partial charge in [0, 0.05) is 30.4 Å². The highest BCUT2D eigenvalue weighted by Gasteiger charge is 2.25. The molecule has 110 valence electrons. The van der Waals surface area contributed by atoms with E-state index in [0.717, 1.165) is 31.0 Å². The molecule has 1 aromatic heterocycles. The van der Waals surface area contributed by atoms with Crippen molar-refractivity contribution in [1.29, 1.82) is 0 Å². The van der Waals surface area contributed by atoms with Crippen LogP contribution in [-0.2, 0) is 11.3 Å². The molecule has 1 N–H and O–H groups in total. The first-order chi connectivity index (χ1) is 9.72. The smallest absolute Gasteiger partial charge is 0.0771 e. The van der Waals surface area contributed by atoms with Crippen molar-refractivity contribution in [2.75, 3.05) is 19.8 Å². The van der Waals surface area contributed by atoms with Crippen molar-refractivity contribution in [3.8, 4) is 11.8 Å². The minimum absolute atomic E-state index is 0.134. The molecule has 3 nitrogen and oxygen atoms in total. The van der Waals surface area contributed by atoms with E-state index in [1.54, 1.807) is 11.3 Å². The zero-order valence-corrected chi connectivity index (χ0v) is 13.1. The van der Waals surface area contributed by atoms with Crippen LogP contribution in [0.4, 0.5) is 0 Å². The summed E-state index contributed by atoms with van der Waals surface area (Å²) in [6.45, 7) is 7.32. The molecule has 1 aromatic rings. The molecule has 0 spiro atoms. The average Bonchev–Trinajstić information content (AvgIpc) is 2.87. The lowest BCUT2D eigenvalue weighted by atomic mass is 10.1. The predicted octanol–water partition coefficient (Wildman–Crippen LogP) is 2.48. The van der Waals surface area contributed by atoms with E-state index < -0.39 is 0 Å². The van der Waals surface area contributed by atoms with Crippen molar-refractivity contribution in [2.24, 2.45) is 0 Å². The maximum atomic E-state index is 8.73. The highest BCUT2D eigenvalue weighted by atomic mass is 32.1. The van der Waals surface area contributed by atoms with Crippen molar-refractivity contribution in [2.45, 2.75) is 45.4 Å². The molecule has 0 saturated carbocycles. The number of hydrogen-bond donors (Lipinski definition) is 1. The largest absolute Gasteiger partial charge is 0.395 e. The second kappa shape index (κ2) is 7.80. The summed E-state index contributed by atoms with van der Waals surface area (Å²) in [6.07, 6.45) is 1.99. The average molecular weight is 293 g/mol. The normalized spacial score (nSPS) is 23.4. The van der Waals surface area contributed by atoms with E-state index in [2.05, 4.69) is 42.7 Å². The third-order valence-electron chi connectivity index (χ3n) is 3.52. The Kier molecular flexibility index (Phi) is 6.06. The Labute approximate surface area is 125 Å². The Bertz CT molecular complexity index is 474. The number of aliphatic hydroxyl groups is 1. The summed E-state index contributed by atoms with van der Waals surface area (Å²) in [5, 5.41) is 8.73. The molecule has 2 unspecified atom stereocenters. The van der Waals surface area contributed by atoms with E-state index in [1.807, 2.05) is 0 Å². The van der Waals surface area contributed by atoms with Gasteiger partial charge >= 0.3 is 0 Å². The van der Waals surface area contributed by atoms with Crippen LogP contribution in [0.5, 0.6) is 0 Å². The number of rotatable bonds is 4. The fourth-order valence-electron chi connectivity index (χ4n) is 2.42. The Morgan fingerprint density at radius 3 is 3.10 bits per heavy atom. The second-order valence-corrected chi connectivity index (χ2v) is 6.35. The molecule has 1 saturated heterocycles. The molecule has 2 rings (SSSR count).